The molecule has 0 aromatic heterocycles. The highest BCUT2D eigenvalue weighted by Gasteiger charge is 2.57. The summed E-state index contributed by atoms with van der Waals surface area (Å²) in [7, 11) is 1.78. The van der Waals surface area contributed by atoms with Gasteiger partial charge in [0.1, 0.15) is 0 Å². The zero-order valence-electron chi connectivity index (χ0n) is 11.5. The van der Waals surface area contributed by atoms with Crippen molar-refractivity contribution in [2.45, 2.75) is 58.8 Å². The van der Waals surface area contributed by atoms with E-state index in [0.29, 0.717) is 18.5 Å². The molecule has 3 nitrogen and oxygen atoms in total. The fourth-order valence-corrected chi connectivity index (χ4v) is 2.32. The molecular formula is C13H27NO2. The molecule has 0 bridgehead atoms. The van der Waals surface area contributed by atoms with Crippen molar-refractivity contribution in [3.63, 3.8) is 0 Å². The SMILES string of the molecule is COC1(C)CC(NCC(O)C(C)C)C1(C)C. The highest BCUT2D eigenvalue weighted by Crippen LogP contribution is 2.51. The van der Waals surface area contributed by atoms with E-state index in [1.165, 1.54) is 0 Å². The average molecular weight is 229 g/mol. The van der Waals surface area contributed by atoms with Gasteiger partial charge < -0.3 is 15.2 Å². The Hall–Kier alpha value is -0.120. The van der Waals surface area contributed by atoms with Crippen molar-refractivity contribution in [2.24, 2.45) is 11.3 Å². The lowest BCUT2D eigenvalue weighted by molar-refractivity contribution is -0.181. The fourth-order valence-electron chi connectivity index (χ4n) is 2.32. The molecule has 0 heterocycles. The Morgan fingerprint density at radius 3 is 2.31 bits per heavy atom. The maximum atomic E-state index is 9.76. The summed E-state index contributed by atoms with van der Waals surface area (Å²) in [4.78, 5) is 0. The van der Waals surface area contributed by atoms with E-state index in [1.807, 2.05) is 13.8 Å². The summed E-state index contributed by atoms with van der Waals surface area (Å²) in [5.74, 6) is 0.310. The summed E-state index contributed by atoms with van der Waals surface area (Å²) in [6.45, 7) is 11.4. The van der Waals surface area contributed by atoms with E-state index in [0.717, 1.165) is 6.42 Å². The van der Waals surface area contributed by atoms with E-state index >= 15 is 0 Å². The number of methoxy groups -OCH3 is 1. The van der Waals surface area contributed by atoms with Crippen molar-refractivity contribution in [1.29, 1.82) is 0 Å². The van der Waals surface area contributed by atoms with Crippen LogP contribution in [0.2, 0.25) is 0 Å². The molecule has 0 aromatic carbocycles. The van der Waals surface area contributed by atoms with Crippen LogP contribution < -0.4 is 5.32 Å². The van der Waals surface area contributed by atoms with Crippen LogP contribution in [0.5, 0.6) is 0 Å². The van der Waals surface area contributed by atoms with Crippen molar-refractivity contribution in [1.82, 2.24) is 5.32 Å². The summed E-state index contributed by atoms with van der Waals surface area (Å²) in [5.41, 5.74) is 0.0892. The van der Waals surface area contributed by atoms with E-state index in [1.54, 1.807) is 7.11 Å². The van der Waals surface area contributed by atoms with Crippen LogP contribution in [-0.4, -0.2) is 36.5 Å². The summed E-state index contributed by atoms with van der Waals surface area (Å²) >= 11 is 0. The molecule has 1 rings (SSSR count). The number of ether oxygens (including phenoxy) is 1. The Labute approximate surface area is 99.6 Å². The van der Waals surface area contributed by atoms with Gasteiger partial charge in [-0.2, -0.15) is 0 Å². The van der Waals surface area contributed by atoms with Crippen LogP contribution in [0.1, 0.15) is 41.0 Å². The summed E-state index contributed by atoms with van der Waals surface area (Å²) in [6, 6.07) is 0.436. The minimum absolute atomic E-state index is 0.0343. The third kappa shape index (κ3) is 2.27. The number of aliphatic hydroxyl groups excluding tert-OH is 1. The molecule has 96 valence electrons. The van der Waals surface area contributed by atoms with E-state index in [9.17, 15) is 5.11 Å². The smallest absolute Gasteiger partial charge is 0.0731 e. The molecule has 0 aliphatic heterocycles. The van der Waals surface area contributed by atoms with Crippen molar-refractivity contribution in [2.75, 3.05) is 13.7 Å². The van der Waals surface area contributed by atoms with E-state index in [4.69, 9.17) is 4.74 Å². The number of hydrogen-bond acceptors (Lipinski definition) is 3. The summed E-state index contributed by atoms with van der Waals surface area (Å²) < 4.78 is 5.57. The Balaban J connectivity index is 2.43. The predicted molar refractivity (Wildman–Crippen MR) is 66.4 cm³/mol. The normalized spacial score (nSPS) is 34.9. The van der Waals surface area contributed by atoms with Gasteiger partial charge in [-0.3, -0.25) is 0 Å². The zero-order chi connectivity index (χ0) is 12.6. The van der Waals surface area contributed by atoms with Gasteiger partial charge in [-0.15, -0.1) is 0 Å². The van der Waals surface area contributed by atoms with Gasteiger partial charge in [0, 0.05) is 25.1 Å². The standard InChI is InChI=1S/C13H27NO2/c1-9(2)10(15)8-14-11-7-13(5,16-6)12(11,3)4/h9-11,14-15H,7-8H2,1-6H3. The van der Waals surface area contributed by atoms with E-state index in [-0.39, 0.29) is 17.1 Å². The van der Waals surface area contributed by atoms with Crippen LogP contribution in [-0.2, 0) is 4.74 Å². The van der Waals surface area contributed by atoms with Crippen molar-refractivity contribution in [3.8, 4) is 0 Å². The van der Waals surface area contributed by atoms with E-state index in [2.05, 4.69) is 26.1 Å². The monoisotopic (exact) mass is 229 g/mol. The molecule has 16 heavy (non-hydrogen) atoms. The molecule has 0 radical (unpaired) electrons. The Morgan fingerprint density at radius 1 is 1.38 bits per heavy atom. The molecule has 2 N–H and O–H groups in total. The minimum Gasteiger partial charge on any atom is -0.392 e. The van der Waals surface area contributed by atoms with Gasteiger partial charge in [0.2, 0.25) is 0 Å². The second kappa shape index (κ2) is 4.63. The second-order valence-corrected chi connectivity index (χ2v) is 6.13. The van der Waals surface area contributed by atoms with Crippen LogP contribution in [0.3, 0.4) is 0 Å². The highest BCUT2D eigenvalue weighted by atomic mass is 16.5. The topological polar surface area (TPSA) is 41.5 Å². The van der Waals surface area contributed by atoms with Crippen LogP contribution in [0.4, 0.5) is 0 Å². The average Bonchev–Trinajstić information content (AvgIpc) is 2.22. The zero-order valence-corrected chi connectivity index (χ0v) is 11.5. The molecule has 0 amide bonds. The fraction of sp³-hybridized carbons (Fsp3) is 1.00. The predicted octanol–water partition coefficient (Wildman–Crippen LogP) is 1.80. The number of nitrogens with one attached hydrogen (secondary N) is 1. The lowest BCUT2D eigenvalue weighted by atomic mass is 9.56. The highest BCUT2D eigenvalue weighted by molar-refractivity contribution is 5.11. The Morgan fingerprint density at radius 2 is 1.94 bits per heavy atom. The molecule has 1 aliphatic rings. The van der Waals surface area contributed by atoms with Gasteiger partial charge >= 0.3 is 0 Å². The molecule has 3 heteroatoms. The molecular weight excluding hydrogens is 202 g/mol. The lowest BCUT2D eigenvalue weighted by Gasteiger charge is -2.59. The van der Waals surface area contributed by atoms with Gasteiger partial charge in [0.05, 0.1) is 11.7 Å². The van der Waals surface area contributed by atoms with Crippen LogP contribution >= 0.6 is 0 Å². The molecule has 1 saturated carbocycles. The molecule has 0 aromatic rings. The Kier molecular flexibility index (Phi) is 4.04. The molecule has 3 atom stereocenters. The molecule has 0 saturated heterocycles. The van der Waals surface area contributed by atoms with Gasteiger partial charge in [0.25, 0.3) is 0 Å². The number of rotatable bonds is 5. The number of hydrogen-bond donors (Lipinski definition) is 2. The van der Waals surface area contributed by atoms with Gasteiger partial charge in [-0.1, -0.05) is 27.7 Å². The van der Waals surface area contributed by atoms with Crippen molar-refractivity contribution in [3.05, 3.63) is 0 Å². The van der Waals surface area contributed by atoms with Gasteiger partial charge in [-0.25, -0.2) is 0 Å². The Bertz CT molecular complexity index is 240. The first-order valence-electron chi connectivity index (χ1n) is 6.21. The third-order valence-corrected chi connectivity index (χ3v) is 4.62. The second-order valence-electron chi connectivity index (χ2n) is 6.13. The number of aliphatic hydroxyl groups is 1. The van der Waals surface area contributed by atoms with Crippen LogP contribution in [0.15, 0.2) is 0 Å². The maximum absolute atomic E-state index is 9.76. The van der Waals surface area contributed by atoms with Crippen molar-refractivity contribution >= 4 is 0 Å². The first-order chi connectivity index (χ1) is 7.24. The van der Waals surface area contributed by atoms with Crippen LogP contribution in [0, 0.1) is 11.3 Å². The first kappa shape index (κ1) is 13.9. The maximum Gasteiger partial charge on any atom is 0.0731 e. The minimum atomic E-state index is -0.259. The largest absolute Gasteiger partial charge is 0.392 e. The first-order valence-corrected chi connectivity index (χ1v) is 6.21. The molecule has 1 aliphatic carbocycles. The molecule has 1 fully saturated rings. The molecule has 3 unspecified atom stereocenters. The lowest BCUT2D eigenvalue weighted by Crippen LogP contribution is -2.68. The third-order valence-electron chi connectivity index (χ3n) is 4.62. The quantitative estimate of drug-likeness (QED) is 0.755. The summed E-state index contributed by atoms with van der Waals surface area (Å²) in [5, 5.41) is 13.2. The van der Waals surface area contributed by atoms with Crippen LogP contribution in [0.25, 0.3) is 0 Å². The van der Waals surface area contributed by atoms with Crippen molar-refractivity contribution < 1.29 is 9.84 Å². The van der Waals surface area contributed by atoms with Gasteiger partial charge in [-0.05, 0) is 19.3 Å². The van der Waals surface area contributed by atoms with Gasteiger partial charge in [0.15, 0.2) is 0 Å². The van der Waals surface area contributed by atoms with E-state index < -0.39 is 0 Å². The molecule has 0 spiro atoms. The summed E-state index contributed by atoms with van der Waals surface area (Å²) in [6.07, 6.45) is 0.756.